The predicted molar refractivity (Wildman–Crippen MR) is 90.5 cm³/mol. The maximum Gasteiger partial charge on any atom is 0.217 e. The molecule has 1 saturated heterocycles. The van der Waals surface area contributed by atoms with Crippen molar-refractivity contribution in [3.63, 3.8) is 0 Å². The number of aryl methyl sites for hydroxylation is 1. The van der Waals surface area contributed by atoms with Crippen LogP contribution in [0.3, 0.4) is 0 Å². The van der Waals surface area contributed by atoms with Gasteiger partial charge in [-0.3, -0.25) is 14.7 Å². The Morgan fingerprint density at radius 3 is 2.79 bits per heavy atom. The van der Waals surface area contributed by atoms with Gasteiger partial charge in [-0.15, -0.1) is 0 Å². The summed E-state index contributed by atoms with van der Waals surface area (Å²) in [5.41, 5.74) is 8.26. The first-order valence-corrected chi connectivity index (χ1v) is 8.34. The van der Waals surface area contributed by atoms with Gasteiger partial charge in [-0.25, -0.2) is 4.39 Å². The zero-order valence-corrected chi connectivity index (χ0v) is 13.6. The van der Waals surface area contributed by atoms with Gasteiger partial charge < -0.3 is 5.73 Å². The van der Waals surface area contributed by atoms with Crippen molar-refractivity contribution in [3.05, 3.63) is 65.2 Å². The summed E-state index contributed by atoms with van der Waals surface area (Å²) in [6.45, 7) is 1.80. The highest BCUT2D eigenvalue weighted by Gasteiger charge is 2.27. The van der Waals surface area contributed by atoms with Crippen molar-refractivity contribution in [1.82, 2.24) is 9.88 Å². The van der Waals surface area contributed by atoms with Gasteiger partial charge in [0, 0.05) is 18.7 Å². The van der Waals surface area contributed by atoms with Gasteiger partial charge >= 0.3 is 0 Å². The molecular weight excluding hydrogens is 305 g/mol. The minimum Gasteiger partial charge on any atom is -0.370 e. The molecule has 1 aromatic carbocycles. The number of pyridine rings is 1. The summed E-state index contributed by atoms with van der Waals surface area (Å²) in [6.07, 6.45) is 3.08. The first-order chi connectivity index (χ1) is 11.6. The highest BCUT2D eigenvalue weighted by Crippen LogP contribution is 2.32. The van der Waals surface area contributed by atoms with E-state index in [4.69, 9.17) is 10.7 Å². The lowest BCUT2D eigenvalue weighted by molar-refractivity contribution is -0.118. The van der Waals surface area contributed by atoms with E-state index in [2.05, 4.69) is 4.90 Å². The molecule has 1 aromatic heterocycles. The van der Waals surface area contributed by atoms with Crippen LogP contribution in [-0.4, -0.2) is 22.3 Å². The van der Waals surface area contributed by atoms with Crippen LogP contribution in [0.25, 0.3) is 0 Å². The van der Waals surface area contributed by atoms with Crippen LogP contribution in [0, 0.1) is 5.82 Å². The fraction of sp³-hybridized carbons (Fsp3) is 0.368. The third-order valence-electron chi connectivity index (χ3n) is 4.46. The lowest BCUT2D eigenvalue weighted by Gasteiger charge is -2.24. The number of rotatable bonds is 6. The van der Waals surface area contributed by atoms with Gasteiger partial charge in [-0.05, 0) is 55.6 Å². The molecule has 0 spiro atoms. The first kappa shape index (κ1) is 16.6. The summed E-state index contributed by atoms with van der Waals surface area (Å²) < 4.78 is 13.1. The van der Waals surface area contributed by atoms with E-state index >= 15 is 0 Å². The quantitative estimate of drug-likeness (QED) is 0.887. The average Bonchev–Trinajstić information content (AvgIpc) is 3.03. The highest BCUT2D eigenvalue weighted by molar-refractivity contribution is 5.73. The molecule has 2 heterocycles. The Balaban J connectivity index is 1.71. The van der Waals surface area contributed by atoms with E-state index in [0.29, 0.717) is 12.8 Å². The molecule has 0 radical (unpaired) electrons. The summed E-state index contributed by atoms with van der Waals surface area (Å²) in [6, 6.07) is 12.9. The molecule has 3 rings (SSSR count). The van der Waals surface area contributed by atoms with Gasteiger partial charge in [0.05, 0.1) is 11.7 Å². The lowest BCUT2D eigenvalue weighted by Crippen LogP contribution is -2.23. The molecule has 0 saturated carbocycles. The van der Waals surface area contributed by atoms with E-state index in [-0.39, 0.29) is 17.8 Å². The van der Waals surface area contributed by atoms with Crippen molar-refractivity contribution in [2.45, 2.75) is 38.3 Å². The smallest absolute Gasteiger partial charge is 0.217 e. The van der Waals surface area contributed by atoms with Gasteiger partial charge in [-0.1, -0.05) is 18.2 Å². The third-order valence-corrected chi connectivity index (χ3v) is 4.46. The van der Waals surface area contributed by atoms with Crippen molar-refractivity contribution in [1.29, 1.82) is 0 Å². The Labute approximate surface area is 141 Å². The number of nitrogens with two attached hydrogens (primary N) is 1. The van der Waals surface area contributed by atoms with Crippen LogP contribution in [0.1, 0.15) is 42.3 Å². The topological polar surface area (TPSA) is 59.2 Å². The van der Waals surface area contributed by atoms with Crippen LogP contribution >= 0.6 is 0 Å². The number of carbonyl (C=O) groups excluding carboxylic acids is 1. The molecule has 2 aromatic rings. The zero-order chi connectivity index (χ0) is 16.9. The second kappa shape index (κ2) is 7.53. The van der Waals surface area contributed by atoms with Gasteiger partial charge in [0.15, 0.2) is 0 Å². The van der Waals surface area contributed by atoms with Crippen molar-refractivity contribution < 1.29 is 9.18 Å². The van der Waals surface area contributed by atoms with Crippen LogP contribution in [-0.2, 0) is 17.8 Å². The standard InChI is InChI=1S/C19H22FN3O/c20-15-8-6-14(7-9-15)13-23-12-2-5-18(23)17-4-1-3-16(22-17)10-11-19(21)24/h1,3-4,6-9,18H,2,5,10-13H2,(H2,21,24). The number of benzene rings is 1. The second-order valence-corrected chi connectivity index (χ2v) is 6.28. The number of amides is 1. The van der Waals surface area contributed by atoms with Crippen molar-refractivity contribution in [2.75, 3.05) is 6.54 Å². The van der Waals surface area contributed by atoms with Crippen LogP contribution in [0.4, 0.5) is 4.39 Å². The molecule has 1 fully saturated rings. The number of aromatic nitrogens is 1. The molecule has 1 atom stereocenters. The fourth-order valence-electron chi connectivity index (χ4n) is 3.25. The fourth-order valence-corrected chi connectivity index (χ4v) is 3.25. The molecule has 24 heavy (non-hydrogen) atoms. The first-order valence-electron chi connectivity index (χ1n) is 8.34. The van der Waals surface area contributed by atoms with Gasteiger partial charge in [-0.2, -0.15) is 0 Å². The van der Waals surface area contributed by atoms with E-state index in [1.807, 2.05) is 30.3 Å². The molecule has 1 aliphatic heterocycles. The molecule has 0 aliphatic carbocycles. The number of hydrogen-bond donors (Lipinski definition) is 1. The van der Waals surface area contributed by atoms with E-state index in [1.54, 1.807) is 0 Å². The average molecular weight is 327 g/mol. The molecule has 0 bridgehead atoms. The van der Waals surface area contributed by atoms with Gasteiger partial charge in [0.25, 0.3) is 0 Å². The summed E-state index contributed by atoms with van der Waals surface area (Å²) in [7, 11) is 0. The summed E-state index contributed by atoms with van der Waals surface area (Å²) in [5.74, 6) is -0.512. The van der Waals surface area contributed by atoms with Crippen molar-refractivity contribution in [2.24, 2.45) is 5.73 Å². The number of carbonyl (C=O) groups is 1. The Morgan fingerprint density at radius 1 is 1.25 bits per heavy atom. The second-order valence-electron chi connectivity index (χ2n) is 6.28. The third kappa shape index (κ3) is 4.17. The van der Waals surface area contributed by atoms with E-state index < -0.39 is 0 Å². The lowest BCUT2D eigenvalue weighted by atomic mass is 10.1. The minimum atomic E-state index is -0.305. The maximum atomic E-state index is 13.1. The Morgan fingerprint density at radius 2 is 2.04 bits per heavy atom. The van der Waals surface area contributed by atoms with Crippen LogP contribution in [0.5, 0.6) is 0 Å². The van der Waals surface area contributed by atoms with Gasteiger partial charge in [0.1, 0.15) is 5.82 Å². The van der Waals surface area contributed by atoms with Crippen LogP contribution in [0.2, 0.25) is 0 Å². The summed E-state index contributed by atoms with van der Waals surface area (Å²) in [5, 5.41) is 0. The van der Waals surface area contributed by atoms with E-state index in [9.17, 15) is 9.18 Å². The number of nitrogens with zero attached hydrogens (tertiary/aromatic N) is 2. The summed E-state index contributed by atoms with van der Waals surface area (Å²) in [4.78, 5) is 18.1. The SMILES string of the molecule is NC(=O)CCc1cccc(C2CCCN2Cc2ccc(F)cc2)n1. The number of hydrogen-bond acceptors (Lipinski definition) is 3. The van der Waals surface area contributed by atoms with Crippen molar-refractivity contribution in [3.8, 4) is 0 Å². The number of halogens is 1. The van der Waals surface area contributed by atoms with Gasteiger partial charge in [0.2, 0.25) is 5.91 Å². The maximum absolute atomic E-state index is 13.1. The Kier molecular flexibility index (Phi) is 5.20. The highest BCUT2D eigenvalue weighted by atomic mass is 19.1. The predicted octanol–water partition coefficient (Wildman–Crippen LogP) is 2.98. The Bertz CT molecular complexity index is 702. The van der Waals surface area contributed by atoms with E-state index in [0.717, 1.165) is 42.9 Å². The molecule has 2 N–H and O–H groups in total. The molecule has 1 aliphatic rings. The number of primary amides is 1. The Hall–Kier alpha value is -2.27. The number of likely N-dealkylation sites (tertiary alicyclic amines) is 1. The van der Waals surface area contributed by atoms with Crippen LogP contribution < -0.4 is 5.73 Å². The van der Waals surface area contributed by atoms with Crippen LogP contribution in [0.15, 0.2) is 42.5 Å². The monoisotopic (exact) mass is 327 g/mol. The van der Waals surface area contributed by atoms with E-state index in [1.165, 1.54) is 12.1 Å². The normalized spacial score (nSPS) is 18.0. The zero-order valence-electron chi connectivity index (χ0n) is 13.6. The largest absolute Gasteiger partial charge is 0.370 e. The molecule has 4 nitrogen and oxygen atoms in total. The molecule has 1 amide bonds. The molecule has 126 valence electrons. The summed E-state index contributed by atoms with van der Waals surface area (Å²) >= 11 is 0. The molecular formula is C19H22FN3O. The minimum absolute atomic E-state index is 0.208. The molecule has 5 heteroatoms. The molecule has 1 unspecified atom stereocenters. The van der Waals surface area contributed by atoms with Crippen molar-refractivity contribution >= 4 is 5.91 Å².